The van der Waals surface area contributed by atoms with Crippen LogP contribution in [0.5, 0.6) is 0 Å². The van der Waals surface area contributed by atoms with Crippen LogP contribution in [0.3, 0.4) is 0 Å². The van der Waals surface area contributed by atoms with Crippen molar-refractivity contribution in [2.75, 3.05) is 13.1 Å². The molecule has 0 saturated carbocycles. The molecular weight excluding hydrogens is 282 g/mol. The molecule has 1 aliphatic heterocycles. The van der Waals surface area contributed by atoms with Gasteiger partial charge in [0.2, 0.25) is 0 Å². The molecule has 1 saturated heterocycles. The number of aromatic nitrogens is 2. The third kappa shape index (κ3) is 1.84. The molecule has 17 heavy (non-hydrogen) atoms. The van der Waals surface area contributed by atoms with Gasteiger partial charge in [-0.3, -0.25) is 4.79 Å². The van der Waals surface area contributed by atoms with Gasteiger partial charge >= 0.3 is 0 Å². The molecular formula is C12H12BrN3O. The predicted octanol–water partition coefficient (Wildman–Crippen LogP) is 2.33. The molecule has 0 unspecified atom stereocenters. The Balaban J connectivity index is 2.09. The third-order valence-electron chi connectivity index (χ3n) is 3.08. The fraction of sp³-hybridized carbons (Fsp3) is 0.333. The number of nitrogens with zero attached hydrogens (tertiary/aromatic N) is 3. The van der Waals surface area contributed by atoms with Crippen LogP contribution in [0.2, 0.25) is 0 Å². The molecule has 3 heterocycles. The molecule has 2 aromatic rings. The fourth-order valence-corrected chi connectivity index (χ4v) is 2.70. The minimum absolute atomic E-state index is 0.0833. The van der Waals surface area contributed by atoms with Crippen molar-refractivity contribution in [2.45, 2.75) is 12.8 Å². The first-order valence-electron chi connectivity index (χ1n) is 5.67. The van der Waals surface area contributed by atoms with Crippen LogP contribution in [0, 0.1) is 0 Å². The third-order valence-corrected chi connectivity index (χ3v) is 3.51. The van der Waals surface area contributed by atoms with Crippen LogP contribution in [-0.2, 0) is 0 Å². The van der Waals surface area contributed by atoms with Crippen LogP contribution in [0.15, 0.2) is 29.1 Å². The van der Waals surface area contributed by atoms with E-state index in [4.69, 9.17) is 0 Å². The second kappa shape index (κ2) is 4.14. The normalized spacial score (nSPS) is 15.7. The first kappa shape index (κ1) is 10.8. The highest BCUT2D eigenvalue weighted by Crippen LogP contribution is 2.20. The van der Waals surface area contributed by atoms with Gasteiger partial charge in [0, 0.05) is 36.2 Å². The SMILES string of the molecule is O=C(c1cc(Br)cn2ccnc12)N1CCCC1. The summed E-state index contributed by atoms with van der Waals surface area (Å²) in [5, 5.41) is 0. The zero-order chi connectivity index (χ0) is 11.8. The van der Waals surface area contributed by atoms with E-state index in [1.807, 2.05) is 27.8 Å². The number of likely N-dealkylation sites (tertiary alicyclic amines) is 1. The smallest absolute Gasteiger partial charge is 0.257 e. The van der Waals surface area contributed by atoms with Gasteiger partial charge in [-0.25, -0.2) is 4.98 Å². The van der Waals surface area contributed by atoms with E-state index in [1.165, 1.54) is 0 Å². The Labute approximate surface area is 107 Å². The average Bonchev–Trinajstić information content (AvgIpc) is 2.97. The molecule has 2 aromatic heterocycles. The van der Waals surface area contributed by atoms with Crippen molar-refractivity contribution >= 4 is 27.5 Å². The molecule has 0 radical (unpaired) electrons. The molecule has 0 N–H and O–H groups in total. The Kier molecular flexibility index (Phi) is 2.63. The number of pyridine rings is 1. The molecule has 3 rings (SSSR count). The number of rotatable bonds is 1. The maximum Gasteiger partial charge on any atom is 0.257 e. The van der Waals surface area contributed by atoms with Crippen LogP contribution >= 0.6 is 15.9 Å². The number of halogens is 1. The molecule has 0 spiro atoms. The highest BCUT2D eigenvalue weighted by molar-refractivity contribution is 9.10. The monoisotopic (exact) mass is 293 g/mol. The maximum absolute atomic E-state index is 12.4. The molecule has 0 bridgehead atoms. The summed E-state index contributed by atoms with van der Waals surface area (Å²) in [4.78, 5) is 18.5. The molecule has 0 atom stereocenters. The van der Waals surface area contributed by atoms with Crippen LogP contribution in [0.25, 0.3) is 5.65 Å². The van der Waals surface area contributed by atoms with E-state index in [0.29, 0.717) is 5.56 Å². The van der Waals surface area contributed by atoms with Crippen molar-refractivity contribution in [3.63, 3.8) is 0 Å². The van der Waals surface area contributed by atoms with Crippen molar-refractivity contribution in [1.82, 2.24) is 14.3 Å². The Morgan fingerprint density at radius 1 is 1.35 bits per heavy atom. The van der Waals surface area contributed by atoms with E-state index in [2.05, 4.69) is 20.9 Å². The van der Waals surface area contributed by atoms with E-state index in [-0.39, 0.29) is 5.91 Å². The molecule has 4 nitrogen and oxygen atoms in total. The second-order valence-corrected chi connectivity index (χ2v) is 5.15. The zero-order valence-electron chi connectivity index (χ0n) is 9.27. The van der Waals surface area contributed by atoms with Gasteiger partial charge in [-0.1, -0.05) is 0 Å². The Morgan fingerprint density at radius 3 is 2.88 bits per heavy atom. The summed E-state index contributed by atoms with van der Waals surface area (Å²) < 4.78 is 2.76. The average molecular weight is 294 g/mol. The largest absolute Gasteiger partial charge is 0.339 e. The van der Waals surface area contributed by atoms with Gasteiger partial charge in [0.05, 0.1) is 5.56 Å². The lowest BCUT2D eigenvalue weighted by atomic mass is 10.2. The number of hydrogen-bond acceptors (Lipinski definition) is 2. The van der Waals surface area contributed by atoms with Gasteiger partial charge in [0.1, 0.15) is 5.65 Å². The summed E-state index contributed by atoms with van der Waals surface area (Å²) in [7, 11) is 0. The molecule has 5 heteroatoms. The minimum Gasteiger partial charge on any atom is -0.339 e. The van der Waals surface area contributed by atoms with E-state index in [0.717, 1.165) is 36.1 Å². The predicted molar refractivity (Wildman–Crippen MR) is 68.0 cm³/mol. The number of amides is 1. The van der Waals surface area contributed by atoms with Crippen molar-refractivity contribution in [3.05, 3.63) is 34.7 Å². The second-order valence-electron chi connectivity index (χ2n) is 4.23. The lowest BCUT2D eigenvalue weighted by molar-refractivity contribution is 0.0794. The van der Waals surface area contributed by atoms with Gasteiger partial charge in [0.25, 0.3) is 5.91 Å². The quantitative estimate of drug-likeness (QED) is 0.809. The van der Waals surface area contributed by atoms with Crippen LogP contribution in [-0.4, -0.2) is 33.3 Å². The lowest BCUT2D eigenvalue weighted by Crippen LogP contribution is -2.28. The van der Waals surface area contributed by atoms with Crippen molar-refractivity contribution in [2.24, 2.45) is 0 Å². The van der Waals surface area contributed by atoms with Crippen LogP contribution in [0.1, 0.15) is 23.2 Å². The first-order chi connectivity index (χ1) is 8.25. The zero-order valence-corrected chi connectivity index (χ0v) is 10.9. The van der Waals surface area contributed by atoms with E-state index in [9.17, 15) is 4.79 Å². The number of carbonyl (C=O) groups is 1. The summed E-state index contributed by atoms with van der Waals surface area (Å²) in [6, 6.07) is 1.85. The van der Waals surface area contributed by atoms with Gasteiger partial charge in [-0.05, 0) is 34.8 Å². The van der Waals surface area contributed by atoms with Crippen molar-refractivity contribution in [3.8, 4) is 0 Å². The number of hydrogen-bond donors (Lipinski definition) is 0. The summed E-state index contributed by atoms with van der Waals surface area (Å²) in [6.07, 6.45) is 7.67. The van der Waals surface area contributed by atoms with Gasteiger partial charge in [-0.2, -0.15) is 0 Å². The van der Waals surface area contributed by atoms with Crippen LogP contribution < -0.4 is 0 Å². The Morgan fingerprint density at radius 2 is 2.12 bits per heavy atom. The molecule has 1 amide bonds. The van der Waals surface area contributed by atoms with Gasteiger partial charge in [0.15, 0.2) is 0 Å². The van der Waals surface area contributed by atoms with Gasteiger partial charge < -0.3 is 9.30 Å². The van der Waals surface area contributed by atoms with E-state index in [1.54, 1.807) is 6.20 Å². The molecule has 1 fully saturated rings. The molecule has 88 valence electrons. The van der Waals surface area contributed by atoms with Crippen LogP contribution in [0.4, 0.5) is 0 Å². The fourth-order valence-electron chi connectivity index (χ4n) is 2.25. The summed E-state index contributed by atoms with van der Waals surface area (Å²) in [6.45, 7) is 1.72. The minimum atomic E-state index is 0.0833. The molecule has 0 aromatic carbocycles. The number of carbonyl (C=O) groups excluding carboxylic acids is 1. The number of imidazole rings is 1. The summed E-state index contributed by atoms with van der Waals surface area (Å²) in [5.41, 5.74) is 1.40. The highest BCUT2D eigenvalue weighted by Gasteiger charge is 2.22. The summed E-state index contributed by atoms with van der Waals surface area (Å²) >= 11 is 3.43. The van der Waals surface area contributed by atoms with E-state index < -0.39 is 0 Å². The maximum atomic E-state index is 12.4. The van der Waals surface area contributed by atoms with Gasteiger partial charge in [-0.15, -0.1) is 0 Å². The highest BCUT2D eigenvalue weighted by atomic mass is 79.9. The van der Waals surface area contributed by atoms with Crippen molar-refractivity contribution < 1.29 is 4.79 Å². The topological polar surface area (TPSA) is 37.6 Å². The Bertz CT molecular complexity index is 572. The van der Waals surface area contributed by atoms with Crippen molar-refractivity contribution in [1.29, 1.82) is 0 Å². The number of fused-ring (bicyclic) bond motifs is 1. The molecule has 1 aliphatic rings. The Hall–Kier alpha value is -1.36. The lowest BCUT2D eigenvalue weighted by Gasteiger charge is -2.15. The standard InChI is InChI=1S/C12H12BrN3O/c13-9-7-10(11-14-3-6-16(11)8-9)12(17)15-4-1-2-5-15/h3,6-8H,1-2,4-5H2. The van der Waals surface area contributed by atoms with E-state index >= 15 is 0 Å². The molecule has 0 aliphatic carbocycles. The first-order valence-corrected chi connectivity index (χ1v) is 6.46. The summed E-state index contributed by atoms with van der Waals surface area (Å²) in [5.74, 6) is 0.0833.